The second kappa shape index (κ2) is 6.47. The van der Waals surface area contributed by atoms with E-state index < -0.39 is 0 Å². The lowest BCUT2D eigenvalue weighted by atomic mass is 9.53. The van der Waals surface area contributed by atoms with Crippen molar-refractivity contribution in [1.29, 1.82) is 0 Å². The van der Waals surface area contributed by atoms with Gasteiger partial charge in [0.25, 0.3) is 0 Å². The summed E-state index contributed by atoms with van der Waals surface area (Å²) in [5.41, 5.74) is 3.00. The molecule has 1 N–H and O–H groups in total. The number of nitrogens with one attached hydrogen (secondary N) is 1. The molecule has 4 fully saturated rings. The van der Waals surface area contributed by atoms with Crippen molar-refractivity contribution in [3.05, 3.63) is 45.3 Å². The molecule has 1 aromatic carbocycles. The van der Waals surface area contributed by atoms with Crippen molar-refractivity contribution >= 4 is 16.9 Å². The maximum absolute atomic E-state index is 12.8. The first-order valence-electron chi connectivity index (χ1n) is 10.7. The van der Waals surface area contributed by atoms with Crippen LogP contribution in [0.1, 0.15) is 61.6 Å². The van der Waals surface area contributed by atoms with Crippen molar-refractivity contribution in [2.75, 3.05) is 0 Å². The molecule has 0 radical (unpaired) electrons. The van der Waals surface area contributed by atoms with Crippen molar-refractivity contribution in [3.63, 3.8) is 0 Å². The zero-order chi connectivity index (χ0) is 19.5. The van der Waals surface area contributed by atoms with Gasteiger partial charge in [0.1, 0.15) is 5.58 Å². The van der Waals surface area contributed by atoms with Crippen LogP contribution in [0.25, 0.3) is 11.0 Å². The molecule has 2 aromatic rings. The smallest absolute Gasteiger partial charge is 0.339 e. The molecule has 1 amide bonds. The summed E-state index contributed by atoms with van der Waals surface area (Å²) in [7, 11) is 0. The van der Waals surface area contributed by atoms with Crippen LogP contribution in [0.5, 0.6) is 0 Å². The van der Waals surface area contributed by atoms with Crippen LogP contribution in [0.15, 0.2) is 27.4 Å². The number of aryl methyl sites for hydroxylation is 2. The first-order chi connectivity index (χ1) is 13.4. The SMILES string of the molecule is Cc1ccc2c(C)c(CCC(=O)NC34CC5CC(CC(C5)C3)C4)c(=O)oc2c1. The fourth-order valence-corrected chi connectivity index (χ4v) is 6.65. The summed E-state index contributed by atoms with van der Waals surface area (Å²) in [5.74, 6) is 2.52. The Morgan fingerprint density at radius 3 is 2.39 bits per heavy atom. The minimum Gasteiger partial charge on any atom is -0.423 e. The van der Waals surface area contributed by atoms with Gasteiger partial charge in [-0.1, -0.05) is 12.1 Å². The van der Waals surface area contributed by atoms with Crippen LogP contribution in [0.3, 0.4) is 0 Å². The van der Waals surface area contributed by atoms with E-state index in [1.165, 1.54) is 19.3 Å². The largest absolute Gasteiger partial charge is 0.423 e. The molecule has 0 unspecified atom stereocenters. The molecule has 0 spiro atoms. The van der Waals surface area contributed by atoms with Gasteiger partial charge in [0.2, 0.25) is 5.91 Å². The van der Waals surface area contributed by atoms with Crippen LogP contribution in [0, 0.1) is 31.6 Å². The number of rotatable bonds is 4. The number of hydrogen-bond acceptors (Lipinski definition) is 3. The van der Waals surface area contributed by atoms with Gasteiger partial charge in [-0.05, 0) is 93.7 Å². The Bertz CT molecular complexity index is 968. The lowest BCUT2D eigenvalue weighted by molar-refractivity contribution is -0.126. The van der Waals surface area contributed by atoms with Gasteiger partial charge < -0.3 is 9.73 Å². The van der Waals surface area contributed by atoms with E-state index >= 15 is 0 Å². The standard InChI is InChI=1S/C24H29NO3/c1-14-3-4-19-15(2)20(23(27)28-21(19)7-14)5-6-22(26)25-24-11-16-8-17(12-24)10-18(9-16)13-24/h3-4,7,16-18H,5-6,8-13H2,1-2H3,(H,25,26). The van der Waals surface area contributed by atoms with Crippen molar-refractivity contribution in [1.82, 2.24) is 5.32 Å². The Hall–Kier alpha value is -2.10. The molecule has 4 aliphatic carbocycles. The molecule has 4 bridgehead atoms. The lowest BCUT2D eigenvalue weighted by Gasteiger charge is -2.56. The quantitative estimate of drug-likeness (QED) is 0.800. The first kappa shape index (κ1) is 18.0. The summed E-state index contributed by atoms with van der Waals surface area (Å²) < 4.78 is 5.53. The van der Waals surface area contributed by atoms with Crippen LogP contribution >= 0.6 is 0 Å². The Morgan fingerprint density at radius 1 is 1.11 bits per heavy atom. The number of carbonyl (C=O) groups is 1. The van der Waals surface area contributed by atoms with Gasteiger partial charge in [-0.3, -0.25) is 4.79 Å². The van der Waals surface area contributed by atoms with E-state index in [9.17, 15) is 9.59 Å². The summed E-state index contributed by atoms with van der Waals surface area (Å²) >= 11 is 0. The number of hydrogen-bond donors (Lipinski definition) is 1. The molecule has 4 aliphatic rings. The third-order valence-electron chi connectivity index (χ3n) is 7.49. The van der Waals surface area contributed by atoms with E-state index in [0.29, 0.717) is 24.0 Å². The highest BCUT2D eigenvalue weighted by molar-refractivity contribution is 5.82. The van der Waals surface area contributed by atoms with Crippen LogP contribution < -0.4 is 10.9 Å². The third-order valence-corrected chi connectivity index (χ3v) is 7.49. The maximum atomic E-state index is 12.8. The van der Waals surface area contributed by atoms with Gasteiger partial charge in [-0.15, -0.1) is 0 Å². The highest BCUT2D eigenvalue weighted by atomic mass is 16.4. The third kappa shape index (κ3) is 3.07. The zero-order valence-corrected chi connectivity index (χ0v) is 16.8. The predicted octanol–water partition coefficient (Wildman–Crippen LogP) is 4.43. The van der Waals surface area contributed by atoms with Gasteiger partial charge in [0.15, 0.2) is 0 Å². The highest BCUT2D eigenvalue weighted by Gasteiger charge is 2.51. The number of amides is 1. The minimum absolute atomic E-state index is 0.0342. The molecule has 4 nitrogen and oxygen atoms in total. The van der Waals surface area contributed by atoms with Crippen LogP contribution in [-0.4, -0.2) is 11.4 Å². The van der Waals surface area contributed by atoms with Gasteiger partial charge in [0, 0.05) is 22.9 Å². The highest BCUT2D eigenvalue weighted by Crippen LogP contribution is 2.55. The summed E-state index contributed by atoms with van der Waals surface area (Å²) in [6, 6.07) is 5.92. The first-order valence-corrected chi connectivity index (χ1v) is 10.7. The van der Waals surface area contributed by atoms with E-state index in [0.717, 1.165) is 53.5 Å². The Kier molecular flexibility index (Phi) is 4.15. The van der Waals surface area contributed by atoms with E-state index in [2.05, 4.69) is 5.32 Å². The van der Waals surface area contributed by atoms with Crippen LogP contribution in [0.2, 0.25) is 0 Å². The summed E-state index contributed by atoms with van der Waals surface area (Å²) in [6.07, 6.45) is 8.36. The molecule has 6 rings (SSSR count). The molecule has 148 valence electrons. The topological polar surface area (TPSA) is 59.3 Å². The molecule has 0 atom stereocenters. The summed E-state index contributed by atoms with van der Waals surface area (Å²) in [6.45, 7) is 3.94. The van der Waals surface area contributed by atoms with E-state index in [-0.39, 0.29) is 17.1 Å². The fraction of sp³-hybridized carbons (Fsp3) is 0.583. The fourth-order valence-electron chi connectivity index (χ4n) is 6.65. The van der Waals surface area contributed by atoms with Gasteiger partial charge in [-0.25, -0.2) is 4.79 Å². The molecule has 0 aliphatic heterocycles. The summed E-state index contributed by atoms with van der Waals surface area (Å²) in [4.78, 5) is 25.3. The Labute approximate surface area is 165 Å². The van der Waals surface area contributed by atoms with Gasteiger partial charge in [-0.2, -0.15) is 0 Å². The molecule has 28 heavy (non-hydrogen) atoms. The molecular formula is C24H29NO3. The van der Waals surface area contributed by atoms with Crippen LogP contribution in [0.4, 0.5) is 0 Å². The predicted molar refractivity (Wildman–Crippen MR) is 109 cm³/mol. The minimum atomic E-state index is -0.307. The van der Waals surface area contributed by atoms with E-state index in [1.54, 1.807) is 0 Å². The monoisotopic (exact) mass is 379 g/mol. The Balaban J connectivity index is 1.31. The van der Waals surface area contributed by atoms with Crippen LogP contribution in [-0.2, 0) is 11.2 Å². The number of benzene rings is 1. The van der Waals surface area contributed by atoms with E-state index in [1.807, 2.05) is 32.0 Å². The van der Waals surface area contributed by atoms with Crippen molar-refractivity contribution < 1.29 is 9.21 Å². The number of fused-ring (bicyclic) bond motifs is 1. The molecule has 4 heteroatoms. The molecule has 1 heterocycles. The van der Waals surface area contributed by atoms with Crippen molar-refractivity contribution in [2.45, 2.75) is 70.8 Å². The lowest BCUT2D eigenvalue weighted by Crippen LogP contribution is -2.59. The Morgan fingerprint density at radius 2 is 1.75 bits per heavy atom. The van der Waals surface area contributed by atoms with Crippen molar-refractivity contribution in [3.8, 4) is 0 Å². The van der Waals surface area contributed by atoms with Gasteiger partial charge >= 0.3 is 5.63 Å². The van der Waals surface area contributed by atoms with E-state index in [4.69, 9.17) is 4.42 Å². The average Bonchev–Trinajstić information content (AvgIpc) is 2.59. The maximum Gasteiger partial charge on any atom is 0.339 e. The zero-order valence-electron chi connectivity index (χ0n) is 16.8. The number of carbonyl (C=O) groups excluding carboxylic acids is 1. The summed E-state index contributed by atoms with van der Waals surface area (Å²) in [5, 5.41) is 4.37. The second-order valence-corrected chi connectivity index (χ2v) is 9.74. The average molecular weight is 380 g/mol. The van der Waals surface area contributed by atoms with Crippen molar-refractivity contribution in [2.24, 2.45) is 17.8 Å². The molecule has 0 saturated heterocycles. The second-order valence-electron chi connectivity index (χ2n) is 9.74. The molecule has 1 aromatic heterocycles. The molecular weight excluding hydrogens is 350 g/mol. The normalized spacial score (nSPS) is 30.7. The van der Waals surface area contributed by atoms with Gasteiger partial charge in [0.05, 0.1) is 0 Å². The molecule has 4 saturated carbocycles.